The van der Waals surface area contributed by atoms with Crippen molar-refractivity contribution in [2.45, 2.75) is 26.8 Å². The van der Waals surface area contributed by atoms with Crippen molar-refractivity contribution >= 4 is 58.0 Å². The molecule has 0 radical (unpaired) electrons. The third-order valence-corrected chi connectivity index (χ3v) is 6.84. The minimum Gasteiger partial charge on any atom is -0.455 e. The second-order valence-corrected chi connectivity index (χ2v) is 9.84. The monoisotopic (exact) mass is 549 g/mol. The van der Waals surface area contributed by atoms with Crippen molar-refractivity contribution in [3.63, 3.8) is 0 Å². The van der Waals surface area contributed by atoms with E-state index in [0.29, 0.717) is 39.1 Å². The number of hydrogen-bond donors (Lipinski definition) is 4. The molecule has 0 aliphatic heterocycles. The second-order valence-electron chi connectivity index (χ2n) is 8.84. The van der Waals surface area contributed by atoms with Crippen molar-refractivity contribution in [2.75, 3.05) is 23.9 Å². The fourth-order valence-electron chi connectivity index (χ4n) is 4.39. The van der Waals surface area contributed by atoms with Gasteiger partial charge in [0.2, 0.25) is 0 Å². The van der Waals surface area contributed by atoms with Gasteiger partial charge < -0.3 is 20.5 Å². The van der Waals surface area contributed by atoms with Gasteiger partial charge in [-0.1, -0.05) is 29.6 Å². The van der Waals surface area contributed by atoms with Crippen LogP contribution in [0.1, 0.15) is 45.7 Å². The molecule has 196 valence electrons. The van der Waals surface area contributed by atoms with Gasteiger partial charge in [-0.3, -0.25) is 14.3 Å². The molecule has 10 heteroatoms. The molecular formula is C28H28ClN5O3S. The zero-order chi connectivity index (χ0) is 27.6. The Morgan fingerprint density at radius 2 is 1.89 bits per heavy atom. The molecule has 1 unspecified atom stereocenters. The molecular weight excluding hydrogens is 522 g/mol. The van der Waals surface area contributed by atoms with E-state index >= 15 is 0 Å². The predicted molar refractivity (Wildman–Crippen MR) is 157 cm³/mol. The molecule has 38 heavy (non-hydrogen) atoms. The highest BCUT2D eigenvalue weighted by molar-refractivity contribution is 7.97. The summed E-state index contributed by atoms with van der Waals surface area (Å²) in [5.74, 6) is 0.0685. The SMILES string of the molecule is CNc1ccc(-c2oc3c(C(C)Nc4ccc(Cl)nc4C(=O)NSC)cc(C)cc3c(=O)c2C)cc1C=N. The lowest BCUT2D eigenvalue weighted by atomic mass is 9.98. The summed E-state index contributed by atoms with van der Waals surface area (Å²) in [5.41, 5.74) is 5.31. The van der Waals surface area contributed by atoms with Crippen molar-refractivity contribution in [1.82, 2.24) is 9.71 Å². The first kappa shape index (κ1) is 27.2. The van der Waals surface area contributed by atoms with Crippen molar-refractivity contribution in [1.29, 1.82) is 5.41 Å². The fourth-order valence-corrected chi connectivity index (χ4v) is 4.82. The maximum absolute atomic E-state index is 13.5. The summed E-state index contributed by atoms with van der Waals surface area (Å²) < 4.78 is 9.13. The number of benzene rings is 2. The summed E-state index contributed by atoms with van der Waals surface area (Å²) in [5, 5.41) is 14.9. The van der Waals surface area contributed by atoms with Gasteiger partial charge in [-0.15, -0.1) is 0 Å². The number of hydrogen-bond acceptors (Lipinski definition) is 8. The number of anilines is 2. The van der Waals surface area contributed by atoms with Crippen LogP contribution in [0.25, 0.3) is 22.3 Å². The Hall–Kier alpha value is -3.82. The normalized spacial score (nSPS) is 11.7. The highest BCUT2D eigenvalue weighted by Crippen LogP contribution is 2.33. The Morgan fingerprint density at radius 1 is 1.16 bits per heavy atom. The lowest BCUT2D eigenvalue weighted by molar-refractivity contribution is 0.0980. The maximum Gasteiger partial charge on any atom is 0.281 e. The van der Waals surface area contributed by atoms with Crippen LogP contribution in [-0.4, -0.2) is 30.4 Å². The number of aromatic nitrogens is 1. The molecule has 0 spiro atoms. The molecule has 0 fully saturated rings. The first-order valence-electron chi connectivity index (χ1n) is 11.9. The molecule has 0 bridgehead atoms. The number of carbonyl (C=O) groups excluding carboxylic acids is 1. The average molecular weight is 550 g/mol. The number of aryl methyl sites for hydroxylation is 1. The van der Waals surface area contributed by atoms with Crippen molar-refractivity contribution in [3.05, 3.63) is 85.8 Å². The fraction of sp³-hybridized carbons (Fsp3) is 0.214. The number of pyridine rings is 1. The molecule has 0 saturated carbocycles. The molecule has 4 N–H and O–H groups in total. The number of halogens is 1. The van der Waals surface area contributed by atoms with Crippen LogP contribution < -0.4 is 20.8 Å². The van der Waals surface area contributed by atoms with Gasteiger partial charge in [0.25, 0.3) is 5.91 Å². The maximum atomic E-state index is 13.5. The van der Waals surface area contributed by atoms with Gasteiger partial charge in [0.15, 0.2) is 11.1 Å². The lowest BCUT2D eigenvalue weighted by Crippen LogP contribution is -2.20. The van der Waals surface area contributed by atoms with Crippen molar-refractivity contribution in [2.24, 2.45) is 0 Å². The molecule has 1 amide bonds. The Bertz CT molecular complexity index is 1620. The average Bonchev–Trinajstić information content (AvgIpc) is 2.91. The second kappa shape index (κ2) is 11.3. The molecule has 8 nitrogen and oxygen atoms in total. The standard InChI is InChI=1S/C28H28ClN5O3S/c1-14-10-19(16(3)32-22-8-9-23(29)33-24(22)28(36)34-38-5)27-20(11-14)25(35)15(2)26(37-27)17-6-7-21(31-4)18(12-17)13-30/h6-13,16,30-32H,1-5H3,(H,34,36). The summed E-state index contributed by atoms with van der Waals surface area (Å²) in [6.07, 6.45) is 3.01. The van der Waals surface area contributed by atoms with Crippen LogP contribution in [0.2, 0.25) is 5.15 Å². The molecule has 0 aliphatic rings. The first-order valence-corrected chi connectivity index (χ1v) is 13.5. The molecule has 1 atom stereocenters. The van der Waals surface area contributed by atoms with Gasteiger partial charge in [0, 0.05) is 47.5 Å². The Balaban J connectivity index is 1.86. The molecule has 2 aromatic carbocycles. The Kier molecular flexibility index (Phi) is 8.08. The topological polar surface area (TPSA) is 120 Å². The number of carbonyl (C=O) groups is 1. The van der Waals surface area contributed by atoms with Gasteiger partial charge in [0.05, 0.1) is 17.1 Å². The van der Waals surface area contributed by atoms with E-state index in [0.717, 1.165) is 16.8 Å². The lowest BCUT2D eigenvalue weighted by Gasteiger charge is -2.20. The number of nitrogens with one attached hydrogen (secondary N) is 4. The molecule has 0 saturated heterocycles. The van der Waals surface area contributed by atoms with Gasteiger partial charge >= 0.3 is 0 Å². The zero-order valence-corrected chi connectivity index (χ0v) is 23.2. The third-order valence-electron chi connectivity index (χ3n) is 6.24. The molecule has 2 heterocycles. The molecule has 0 aliphatic carbocycles. The van der Waals surface area contributed by atoms with Crippen LogP contribution in [0.4, 0.5) is 11.4 Å². The van der Waals surface area contributed by atoms with E-state index in [9.17, 15) is 9.59 Å². The number of amides is 1. The van der Waals surface area contributed by atoms with Crippen LogP contribution in [0.15, 0.2) is 51.7 Å². The summed E-state index contributed by atoms with van der Waals surface area (Å²) in [4.78, 5) is 30.3. The third kappa shape index (κ3) is 5.25. The molecule has 2 aromatic heterocycles. The van der Waals surface area contributed by atoms with Crippen LogP contribution >= 0.6 is 23.5 Å². The van der Waals surface area contributed by atoms with Crippen molar-refractivity contribution in [3.8, 4) is 11.3 Å². The molecule has 4 rings (SSSR count). The van der Waals surface area contributed by atoms with E-state index in [1.54, 1.807) is 32.4 Å². The van der Waals surface area contributed by atoms with E-state index in [1.165, 1.54) is 18.2 Å². The first-order chi connectivity index (χ1) is 18.2. The van der Waals surface area contributed by atoms with Crippen LogP contribution in [0, 0.1) is 19.3 Å². The number of nitrogens with zero attached hydrogens (tertiary/aromatic N) is 1. The smallest absolute Gasteiger partial charge is 0.281 e. The molecule has 4 aromatic rings. The summed E-state index contributed by atoms with van der Waals surface area (Å²) in [6.45, 7) is 5.59. The highest BCUT2D eigenvalue weighted by atomic mass is 35.5. The van der Waals surface area contributed by atoms with E-state index in [4.69, 9.17) is 21.4 Å². The van der Waals surface area contributed by atoms with Gasteiger partial charge in [-0.2, -0.15) is 0 Å². The summed E-state index contributed by atoms with van der Waals surface area (Å²) in [6, 6.07) is 12.3. The largest absolute Gasteiger partial charge is 0.455 e. The number of fused-ring (bicyclic) bond motifs is 1. The van der Waals surface area contributed by atoms with Gasteiger partial charge in [-0.25, -0.2) is 4.98 Å². The van der Waals surface area contributed by atoms with E-state index < -0.39 is 0 Å². The van der Waals surface area contributed by atoms with Gasteiger partial charge in [-0.05, 0) is 62.7 Å². The minimum absolute atomic E-state index is 0.124. The highest BCUT2D eigenvalue weighted by Gasteiger charge is 2.21. The predicted octanol–water partition coefficient (Wildman–Crippen LogP) is 6.35. The Morgan fingerprint density at radius 3 is 2.58 bits per heavy atom. The minimum atomic E-state index is -0.375. The van der Waals surface area contributed by atoms with E-state index in [1.807, 2.05) is 44.2 Å². The summed E-state index contributed by atoms with van der Waals surface area (Å²) >= 11 is 7.24. The van der Waals surface area contributed by atoms with E-state index in [-0.39, 0.29) is 28.2 Å². The summed E-state index contributed by atoms with van der Waals surface area (Å²) in [7, 11) is 1.79. The number of rotatable bonds is 8. The van der Waals surface area contributed by atoms with Crippen LogP contribution in [0.3, 0.4) is 0 Å². The van der Waals surface area contributed by atoms with Gasteiger partial charge in [0.1, 0.15) is 16.5 Å². The van der Waals surface area contributed by atoms with Crippen molar-refractivity contribution < 1.29 is 9.21 Å². The van der Waals surface area contributed by atoms with Crippen LogP contribution in [0.5, 0.6) is 0 Å². The van der Waals surface area contributed by atoms with Crippen LogP contribution in [-0.2, 0) is 0 Å². The quantitative estimate of drug-likeness (QED) is 0.115. The Labute approximate surface area is 229 Å². The van der Waals surface area contributed by atoms with E-state index in [2.05, 4.69) is 20.3 Å². The zero-order valence-electron chi connectivity index (χ0n) is 21.7.